The zero-order valence-electron chi connectivity index (χ0n) is 26.1. The molecule has 2 aromatic carbocycles. The Morgan fingerprint density at radius 2 is 1.70 bits per heavy atom. The minimum absolute atomic E-state index is 0.00424. The lowest BCUT2D eigenvalue weighted by Gasteiger charge is -2.37. The molecule has 4 heterocycles. The maximum absolute atomic E-state index is 13.2. The molecular formula is C33H44N6O4S. The van der Waals surface area contributed by atoms with Gasteiger partial charge in [-0.2, -0.15) is 9.40 Å². The summed E-state index contributed by atoms with van der Waals surface area (Å²) < 4.78 is 30.0. The highest BCUT2D eigenvalue weighted by Crippen LogP contribution is 2.35. The number of benzene rings is 2. The molecule has 3 saturated heterocycles. The van der Waals surface area contributed by atoms with Crippen LogP contribution in [-0.4, -0.2) is 78.6 Å². The number of rotatable bonds is 8. The summed E-state index contributed by atoms with van der Waals surface area (Å²) in [6.07, 6.45) is 6.18. The van der Waals surface area contributed by atoms with Crippen LogP contribution in [0.15, 0.2) is 47.4 Å². The van der Waals surface area contributed by atoms with Crippen molar-refractivity contribution in [3.63, 3.8) is 0 Å². The summed E-state index contributed by atoms with van der Waals surface area (Å²) in [6, 6.07) is 13.6. The van der Waals surface area contributed by atoms with Gasteiger partial charge in [0.1, 0.15) is 0 Å². The summed E-state index contributed by atoms with van der Waals surface area (Å²) in [4.78, 5) is 28.5. The van der Waals surface area contributed by atoms with Crippen molar-refractivity contribution in [3.05, 3.63) is 53.6 Å². The maximum Gasteiger partial charge on any atom is 0.329 e. The molecule has 0 saturated carbocycles. The van der Waals surface area contributed by atoms with Crippen LogP contribution in [0.5, 0.6) is 0 Å². The standard InChI is InChI=1S/C33H44N6O4S/c1-33(2,22-24-8-7-9-27(20-24)44(42,43)38-15-5-4-6-16-38)23-37-17-12-25(13-18-37)26-10-11-28-29(21-26)36(3)35-31(28)39-19-14-30(40)34-32(39)41/h7-11,20-21,25H,4-6,12-19,22-23H2,1-3H3,(H,34,40,41). The largest absolute Gasteiger partial charge is 0.329 e. The molecule has 0 spiro atoms. The number of hydrogen-bond donors (Lipinski definition) is 1. The van der Waals surface area contributed by atoms with Gasteiger partial charge in [0.2, 0.25) is 15.9 Å². The third-order valence-corrected chi connectivity index (χ3v) is 11.3. The van der Waals surface area contributed by atoms with Gasteiger partial charge in [0.15, 0.2) is 5.82 Å². The number of carbonyl (C=O) groups excluding carboxylic acids is 2. The second-order valence-corrected chi connectivity index (χ2v) is 15.4. The minimum Gasteiger partial charge on any atom is -0.303 e. The molecule has 3 aliphatic rings. The van der Waals surface area contributed by atoms with Crippen molar-refractivity contribution in [2.24, 2.45) is 12.5 Å². The second-order valence-electron chi connectivity index (χ2n) is 13.5. The lowest BCUT2D eigenvalue weighted by molar-refractivity contribution is -0.120. The monoisotopic (exact) mass is 620 g/mol. The van der Waals surface area contributed by atoms with Crippen LogP contribution in [0, 0.1) is 5.41 Å². The Bertz CT molecular complexity index is 1650. The van der Waals surface area contributed by atoms with E-state index in [4.69, 9.17) is 0 Å². The molecule has 1 N–H and O–H groups in total. The van der Waals surface area contributed by atoms with Gasteiger partial charge in [-0.25, -0.2) is 13.2 Å². The molecule has 11 heteroatoms. The van der Waals surface area contributed by atoms with E-state index in [2.05, 4.69) is 53.4 Å². The van der Waals surface area contributed by atoms with E-state index in [9.17, 15) is 18.0 Å². The Morgan fingerprint density at radius 1 is 0.955 bits per heavy atom. The number of nitrogens with one attached hydrogen (secondary N) is 1. The first-order chi connectivity index (χ1) is 21.0. The predicted octanol–water partition coefficient (Wildman–Crippen LogP) is 4.64. The first-order valence-electron chi connectivity index (χ1n) is 15.9. The minimum atomic E-state index is -3.44. The first kappa shape index (κ1) is 30.7. The van der Waals surface area contributed by atoms with Crippen molar-refractivity contribution in [2.45, 2.75) is 69.6 Å². The average molecular weight is 621 g/mol. The molecule has 6 rings (SSSR count). The van der Waals surface area contributed by atoms with Crippen LogP contribution >= 0.6 is 0 Å². The lowest BCUT2D eigenvalue weighted by atomic mass is 9.83. The molecule has 3 fully saturated rings. The summed E-state index contributed by atoms with van der Waals surface area (Å²) in [5.41, 5.74) is 3.34. The van der Waals surface area contributed by atoms with E-state index in [1.807, 2.05) is 23.9 Å². The fourth-order valence-corrected chi connectivity index (χ4v) is 8.77. The number of nitrogens with zero attached hydrogens (tertiary/aromatic N) is 5. The Balaban J connectivity index is 1.07. The van der Waals surface area contributed by atoms with Gasteiger partial charge in [-0.3, -0.25) is 19.7 Å². The van der Waals surface area contributed by atoms with Crippen LogP contribution in [0.3, 0.4) is 0 Å². The van der Waals surface area contributed by atoms with E-state index in [1.165, 1.54) is 5.56 Å². The molecule has 0 aliphatic carbocycles. The van der Waals surface area contributed by atoms with Crippen LogP contribution in [0.25, 0.3) is 10.9 Å². The van der Waals surface area contributed by atoms with Crippen molar-refractivity contribution in [2.75, 3.05) is 44.2 Å². The number of fused-ring (bicyclic) bond motifs is 1. The maximum atomic E-state index is 13.2. The van der Waals surface area contributed by atoms with Gasteiger partial charge in [-0.1, -0.05) is 38.5 Å². The molecule has 0 bridgehead atoms. The van der Waals surface area contributed by atoms with Crippen molar-refractivity contribution in [1.82, 2.24) is 24.3 Å². The van der Waals surface area contributed by atoms with Gasteiger partial charge in [0.05, 0.1) is 10.4 Å². The van der Waals surface area contributed by atoms with Crippen LogP contribution in [0.1, 0.15) is 69.4 Å². The van der Waals surface area contributed by atoms with Gasteiger partial charge in [-0.15, -0.1) is 0 Å². The lowest BCUT2D eigenvalue weighted by Crippen LogP contribution is -2.49. The van der Waals surface area contributed by atoms with E-state index >= 15 is 0 Å². The molecule has 0 radical (unpaired) electrons. The van der Waals surface area contributed by atoms with Crippen molar-refractivity contribution >= 4 is 38.7 Å². The molecule has 3 aliphatic heterocycles. The highest BCUT2D eigenvalue weighted by Gasteiger charge is 2.31. The molecule has 0 atom stereocenters. The summed E-state index contributed by atoms with van der Waals surface area (Å²) in [6.45, 7) is 9.08. The first-order valence-corrected chi connectivity index (χ1v) is 17.3. The number of urea groups is 1. The predicted molar refractivity (Wildman–Crippen MR) is 171 cm³/mol. The zero-order valence-corrected chi connectivity index (χ0v) is 26.9. The summed E-state index contributed by atoms with van der Waals surface area (Å²) in [7, 11) is -1.55. The fraction of sp³-hybridized carbons (Fsp3) is 0.545. The van der Waals surface area contributed by atoms with Crippen LogP contribution in [0.2, 0.25) is 0 Å². The number of sulfonamides is 1. The van der Waals surface area contributed by atoms with E-state index < -0.39 is 16.1 Å². The molecule has 10 nitrogen and oxygen atoms in total. The summed E-state index contributed by atoms with van der Waals surface area (Å²) in [5.74, 6) is 0.784. The summed E-state index contributed by atoms with van der Waals surface area (Å²) >= 11 is 0. The number of aromatic nitrogens is 2. The van der Waals surface area contributed by atoms with Crippen LogP contribution in [0.4, 0.5) is 10.6 Å². The molecule has 3 aromatic rings. The average Bonchev–Trinajstić information content (AvgIpc) is 3.33. The fourth-order valence-electron chi connectivity index (χ4n) is 7.18. The smallest absolute Gasteiger partial charge is 0.303 e. The number of anilines is 1. The second kappa shape index (κ2) is 12.3. The van der Waals surface area contributed by atoms with Gasteiger partial charge in [0, 0.05) is 45.0 Å². The highest BCUT2D eigenvalue weighted by atomic mass is 32.2. The van der Waals surface area contributed by atoms with Crippen LogP contribution in [-0.2, 0) is 28.3 Å². The van der Waals surface area contributed by atoms with E-state index in [0.29, 0.717) is 36.3 Å². The number of amides is 3. The SMILES string of the molecule is Cn1nc(N2CCC(=O)NC2=O)c2ccc(C3CCN(CC(C)(C)Cc4cccc(S(=O)(=O)N5CCCCC5)c4)CC3)cc21. The number of hydrogen-bond acceptors (Lipinski definition) is 6. The number of carbonyl (C=O) groups is 2. The molecule has 1 aromatic heterocycles. The Kier molecular flexibility index (Phi) is 8.56. The molecule has 236 valence electrons. The number of imide groups is 1. The Hall–Kier alpha value is -3.28. The normalized spacial score (nSPS) is 19.9. The van der Waals surface area contributed by atoms with Gasteiger partial charge < -0.3 is 4.90 Å². The topological polar surface area (TPSA) is 108 Å². The van der Waals surface area contributed by atoms with Crippen molar-refractivity contribution in [1.29, 1.82) is 0 Å². The van der Waals surface area contributed by atoms with Gasteiger partial charge >= 0.3 is 6.03 Å². The number of piperidine rings is 2. The third kappa shape index (κ3) is 6.41. The zero-order chi connectivity index (χ0) is 31.1. The van der Waals surface area contributed by atoms with Gasteiger partial charge in [0.25, 0.3) is 0 Å². The van der Waals surface area contributed by atoms with E-state index in [1.54, 1.807) is 15.3 Å². The molecule has 0 unspecified atom stereocenters. The van der Waals surface area contributed by atoms with E-state index in [0.717, 1.165) is 74.6 Å². The van der Waals surface area contributed by atoms with Crippen LogP contribution < -0.4 is 10.2 Å². The number of likely N-dealkylation sites (tertiary alicyclic amines) is 1. The number of aryl methyl sites for hydroxylation is 1. The molecule has 3 amide bonds. The summed E-state index contributed by atoms with van der Waals surface area (Å²) in [5, 5.41) is 7.93. The van der Waals surface area contributed by atoms with Crippen molar-refractivity contribution < 1.29 is 18.0 Å². The quantitative estimate of drug-likeness (QED) is 0.393. The Labute approximate surface area is 260 Å². The Morgan fingerprint density at radius 3 is 2.43 bits per heavy atom. The molecule has 44 heavy (non-hydrogen) atoms. The van der Waals surface area contributed by atoms with Gasteiger partial charge in [-0.05, 0) is 91.9 Å². The third-order valence-electron chi connectivity index (χ3n) is 9.41. The molecular weight excluding hydrogens is 576 g/mol. The highest BCUT2D eigenvalue weighted by molar-refractivity contribution is 7.89. The van der Waals surface area contributed by atoms with Crippen molar-refractivity contribution in [3.8, 4) is 0 Å². The van der Waals surface area contributed by atoms with E-state index in [-0.39, 0.29) is 17.7 Å².